The third-order valence-corrected chi connectivity index (χ3v) is 6.52. The van der Waals surface area contributed by atoms with Crippen LogP contribution in [0.3, 0.4) is 0 Å². The second-order valence-corrected chi connectivity index (χ2v) is 8.54. The Labute approximate surface area is 201 Å². The third kappa shape index (κ3) is 3.71. The molecule has 2 aliphatic rings. The normalized spacial score (nSPS) is 16.2. The van der Waals surface area contributed by atoms with E-state index >= 15 is 0 Å². The van der Waals surface area contributed by atoms with Crippen LogP contribution in [-0.2, 0) is 13.0 Å². The van der Waals surface area contributed by atoms with Gasteiger partial charge < -0.3 is 19.5 Å². The molecule has 1 N–H and O–H groups in total. The highest BCUT2D eigenvalue weighted by Crippen LogP contribution is 2.38. The second-order valence-electron chi connectivity index (χ2n) is 8.54. The van der Waals surface area contributed by atoms with E-state index in [2.05, 4.69) is 5.32 Å². The Balaban J connectivity index is 1.54. The average molecular weight is 501 g/mol. The lowest BCUT2D eigenvalue weighted by atomic mass is 10.0. The van der Waals surface area contributed by atoms with Gasteiger partial charge in [-0.3, -0.25) is 14.4 Å². The number of benzene rings is 2. The Hall–Kier alpha value is -4.15. The number of halogens is 4. The molecule has 0 unspecified atom stereocenters. The van der Waals surface area contributed by atoms with Gasteiger partial charge in [0.25, 0.3) is 11.8 Å². The number of carbonyl (C=O) groups excluding carboxylic acids is 2. The molecule has 0 aliphatic carbocycles. The molecule has 36 heavy (non-hydrogen) atoms. The van der Waals surface area contributed by atoms with Crippen molar-refractivity contribution in [1.82, 2.24) is 9.88 Å². The van der Waals surface area contributed by atoms with Crippen molar-refractivity contribution < 1.29 is 31.9 Å². The van der Waals surface area contributed by atoms with Gasteiger partial charge in [-0.1, -0.05) is 6.07 Å². The molecule has 2 aliphatic heterocycles. The van der Waals surface area contributed by atoms with E-state index in [4.69, 9.17) is 4.74 Å². The third-order valence-electron chi connectivity index (χ3n) is 6.52. The van der Waals surface area contributed by atoms with Crippen molar-refractivity contribution >= 4 is 17.5 Å². The minimum atomic E-state index is -1.19. The first-order valence-corrected chi connectivity index (χ1v) is 11.0. The van der Waals surface area contributed by atoms with Crippen molar-refractivity contribution in [3.8, 4) is 5.75 Å². The Kier molecular flexibility index (Phi) is 5.77. The molecule has 3 heterocycles. The van der Waals surface area contributed by atoms with Crippen LogP contribution < -0.4 is 20.4 Å². The van der Waals surface area contributed by atoms with Crippen LogP contribution in [0.2, 0.25) is 0 Å². The van der Waals surface area contributed by atoms with E-state index in [1.54, 1.807) is 6.07 Å². The molecule has 1 aromatic heterocycles. The summed E-state index contributed by atoms with van der Waals surface area (Å²) in [5.74, 6) is -5.86. The standard InChI is InChI=1S/C25H19F4N3O4/c1-36-23-21-25(35)32-10-13(5-6-14-17(27)3-2-4-20(14)32)31(21)11-16(22(23)33)24(34)30-9-15-18(28)7-12(26)8-19(15)29/h2-4,7-8,11,13H,5-6,9-10H2,1H3,(H,30,34)/t13-/m1/s1. The fourth-order valence-electron chi connectivity index (χ4n) is 4.77. The zero-order valence-electron chi connectivity index (χ0n) is 18.9. The van der Waals surface area contributed by atoms with Gasteiger partial charge in [-0.05, 0) is 25.0 Å². The molecule has 0 fully saturated rings. The molecule has 2 amide bonds. The Morgan fingerprint density at radius 3 is 2.53 bits per heavy atom. The lowest BCUT2D eigenvalue weighted by Gasteiger charge is -2.35. The summed E-state index contributed by atoms with van der Waals surface area (Å²) in [7, 11) is 1.18. The van der Waals surface area contributed by atoms with Crippen molar-refractivity contribution in [3.05, 3.63) is 92.4 Å². The lowest BCUT2D eigenvalue weighted by Crippen LogP contribution is -2.45. The van der Waals surface area contributed by atoms with Crippen LogP contribution in [0, 0.1) is 23.3 Å². The van der Waals surface area contributed by atoms with Crippen LogP contribution in [-0.4, -0.2) is 30.0 Å². The van der Waals surface area contributed by atoms with Crippen molar-refractivity contribution in [2.45, 2.75) is 25.4 Å². The number of amides is 2. The quantitative estimate of drug-likeness (QED) is 0.556. The summed E-state index contributed by atoms with van der Waals surface area (Å²) in [6.07, 6.45) is 1.93. The number of nitrogens with one attached hydrogen (secondary N) is 1. The van der Waals surface area contributed by atoms with Crippen molar-refractivity contribution in [2.75, 3.05) is 18.6 Å². The second kappa shape index (κ2) is 8.81. The summed E-state index contributed by atoms with van der Waals surface area (Å²) in [4.78, 5) is 40.8. The van der Waals surface area contributed by atoms with Crippen LogP contribution in [0.5, 0.6) is 5.75 Å². The zero-order valence-corrected chi connectivity index (χ0v) is 18.9. The predicted octanol–water partition coefficient (Wildman–Crippen LogP) is 3.49. The SMILES string of the molecule is COc1c2n(cc(C(=O)NCc3c(F)cc(F)cc3F)c1=O)[C@@H]1CCc3c(F)cccc3N(C1)C2=O. The first-order valence-electron chi connectivity index (χ1n) is 11.0. The molecule has 3 aromatic rings. The highest BCUT2D eigenvalue weighted by molar-refractivity contribution is 6.08. The average Bonchev–Trinajstić information content (AvgIpc) is 3.00. The van der Waals surface area contributed by atoms with Gasteiger partial charge in [0.2, 0.25) is 5.43 Å². The number of hydrogen-bond donors (Lipinski definition) is 1. The van der Waals surface area contributed by atoms with Gasteiger partial charge in [-0.2, -0.15) is 0 Å². The summed E-state index contributed by atoms with van der Waals surface area (Å²) in [6.45, 7) is -0.466. The minimum Gasteiger partial charge on any atom is -0.491 e. The molecule has 1 atom stereocenters. The maximum Gasteiger partial charge on any atom is 0.279 e. The summed E-state index contributed by atoms with van der Waals surface area (Å²) in [5, 5.41) is 2.26. The molecule has 186 valence electrons. The molecule has 5 rings (SSSR count). The van der Waals surface area contributed by atoms with Gasteiger partial charge in [0.05, 0.1) is 18.8 Å². The molecular weight excluding hydrogens is 482 g/mol. The summed E-state index contributed by atoms with van der Waals surface area (Å²) in [6, 6.07) is 5.00. The van der Waals surface area contributed by atoms with E-state index in [9.17, 15) is 31.9 Å². The number of rotatable bonds is 4. The number of hydrogen-bond acceptors (Lipinski definition) is 4. The number of pyridine rings is 1. The predicted molar refractivity (Wildman–Crippen MR) is 120 cm³/mol. The number of fused-ring (bicyclic) bond motifs is 6. The fourth-order valence-corrected chi connectivity index (χ4v) is 4.77. The van der Waals surface area contributed by atoms with Gasteiger partial charge in [0, 0.05) is 42.5 Å². The maximum atomic E-state index is 14.5. The van der Waals surface area contributed by atoms with Crippen LogP contribution in [0.1, 0.15) is 44.4 Å². The molecule has 0 saturated heterocycles. The molecule has 0 saturated carbocycles. The smallest absolute Gasteiger partial charge is 0.279 e. The van der Waals surface area contributed by atoms with Crippen LogP contribution in [0.25, 0.3) is 0 Å². The Bertz CT molecular complexity index is 1460. The largest absolute Gasteiger partial charge is 0.491 e. The molecule has 0 radical (unpaired) electrons. The first kappa shape index (κ1) is 23.6. The summed E-state index contributed by atoms with van der Waals surface area (Å²) in [5.41, 5.74) is -1.17. The lowest BCUT2D eigenvalue weighted by molar-refractivity contribution is 0.0929. The van der Waals surface area contributed by atoms with Gasteiger partial charge in [-0.25, -0.2) is 17.6 Å². The summed E-state index contributed by atoms with van der Waals surface area (Å²) >= 11 is 0. The van der Waals surface area contributed by atoms with Crippen molar-refractivity contribution in [3.63, 3.8) is 0 Å². The first-order chi connectivity index (χ1) is 17.2. The molecule has 2 aromatic carbocycles. The maximum absolute atomic E-state index is 14.5. The minimum absolute atomic E-state index is 0.0805. The van der Waals surface area contributed by atoms with Gasteiger partial charge in [0.1, 0.15) is 28.8 Å². The molecule has 2 bridgehead atoms. The van der Waals surface area contributed by atoms with Gasteiger partial charge >= 0.3 is 0 Å². The van der Waals surface area contributed by atoms with Gasteiger partial charge in [-0.15, -0.1) is 0 Å². The van der Waals surface area contributed by atoms with E-state index < -0.39 is 64.2 Å². The number of anilines is 1. The molecule has 0 spiro atoms. The van der Waals surface area contributed by atoms with Crippen molar-refractivity contribution in [1.29, 1.82) is 0 Å². The summed E-state index contributed by atoms with van der Waals surface area (Å²) < 4.78 is 62.3. The van der Waals surface area contributed by atoms with Gasteiger partial charge in [0.15, 0.2) is 11.4 Å². The molecular formula is C25H19F4N3O4. The van der Waals surface area contributed by atoms with Crippen LogP contribution in [0.4, 0.5) is 23.2 Å². The highest BCUT2D eigenvalue weighted by atomic mass is 19.1. The van der Waals surface area contributed by atoms with E-state index in [1.807, 2.05) is 0 Å². The molecule has 11 heteroatoms. The topological polar surface area (TPSA) is 80.6 Å². The van der Waals surface area contributed by atoms with Crippen LogP contribution >= 0.6 is 0 Å². The highest BCUT2D eigenvalue weighted by Gasteiger charge is 2.39. The number of aromatic nitrogens is 1. The monoisotopic (exact) mass is 501 g/mol. The zero-order chi connectivity index (χ0) is 25.7. The van der Waals surface area contributed by atoms with E-state index in [1.165, 1.54) is 34.9 Å². The fraction of sp³-hybridized carbons (Fsp3) is 0.240. The van der Waals surface area contributed by atoms with E-state index in [0.29, 0.717) is 36.2 Å². The van der Waals surface area contributed by atoms with E-state index in [-0.39, 0.29) is 18.0 Å². The van der Waals surface area contributed by atoms with E-state index in [0.717, 1.165) is 0 Å². The number of ether oxygens (including phenoxy) is 1. The van der Waals surface area contributed by atoms with Crippen LogP contribution in [0.15, 0.2) is 41.3 Å². The Morgan fingerprint density at radius 2 is 1.83 bits per heavy atom. The number of carbonyl (C=O) groups is 2. The number of nitrogens with zero attached hydrogens (tertiary/aromatic N) is 2. The molecule has 7 nitrogen and oxygen atoms in total. The van der Waals surface area contributed by atoms with Crippen molar-refractivity contribution in [2.24, 2.45) is 0 Å². The Morgan fingerprint density at radius 1 is 1.11 bits per heavy atom. The number of methoxy groups -OCH3 is 1.